The van der Waals surface area contributed by atoms with Crippen molar-refractivity contribution in [2.24, 2.45) is 11.5 Å². The van der Waals surface area contributed by atoms with E-state index in [4.69, 9.17) is 11.5 Å². The number of hydrogen-bond acceptors (Lipinski definition) is 4. The van der Waals surface area contributed by atoms with Gasteiger partial charge in [-0.2, -0.15) is 5.10 Å². The van der Waals surface area contributed by atoms with E-state index < -0.39 is 5.91 Å². The van der Waals surface area contributed by atoms with E-state index in [0.717, 1.165) is 30.5 Å². The molecule has 1 amide bonds. The average molecular weight is 367 g/mol. The van der Waals surface area contributed by atoms with Crippen molar-refractivity contribution in [1.29, 1.82) is 0 Å². The summed E-state index contributed by atoms with van der Waals surface area (Å²) in [6.07, 6.45) is 5.34. The van der Waals surface area contributed by atoms with Gasteiger partial charge in [0.25, 0.3) is 5.91 Å². The summed E-state index contributed by atoms with van der Waals surface area (Å²) in [6.45, 7) is 3.22. The molecule has 0 saturated carbocycles. The molecule has 6 nitrogen and oxygen atoms in total. The third-order valence-corrected chi connectivity index (χ3v) is 4.35. The first-order valence-corrected chi connectivity index (χ1v) is 9.30. The second-order valence-electron chi connectivity index (χ2n) is 6.43. The zero-order valence-electron chi connectivity index (χ0n) is 16.1. The number of carbonyl (C=O) groups excluding carboxylic acids is 1. The van der Waals surface area contributed by atoms with E-state index in [9.17, 15) is 4.79 Å². The molecule has 0 aliphatic carbocycles. The maximum absolute atomic E-state index is 11.3. The van der Waals surface area contributed by atoms with Gasteiger partial charge in [-0.1, -0.05) is 37.3 Å². The van der Waals surface area contributed by atoms with E-state index in [1.54, 1.807) is 16.8 Å². The lowest BCUT2D eigenvalue weighted by Gasteiger charge is -2.06. The summed E-state index contributed by atoms with van der Waals surface area (Å²) in [5.74, 6) is -0.459. The van der Waals surface area contributed by atoms with Crippen LogP contribution in [-0.2, 0) is 0 Å². The summed E-state index contributed by atoms with van der Waals surface area (Å²) in [5.41, 5.74) is 13.1. The first kappa shape index (κ1) is 20.6. The minimum Gasteiger partial charge on any atom is -0.366 e. The maximum Gasteiger partial charge on any atom is 0.250 e. The van der Waals surface area contributed by atoms with Crippen molar-refractivity contribution in [3.05, 3.63) is 60.3 Å². The molecule has 5 N–H and O–H groups in total. The van der Waals surface area contributed by atoms with Crippen molar-refractivity contribution in [3.63, 3.8) is 0 Å². The Bertz CT molecular complexity index is 844. The molecule has 0 aliphatic heterocycles. The average Bonchev–Trinajstić information content (AvgIpc) is 3.13. The number of nitrogens with zero attached hydrogens (tertiary/aromatic N) is 2. The highest BCUT2D eigenvalue weighted by Gasteiger charge is 2.10. The number of benzene rings is 2. The van der Waals surface area contributed by atoms with Crippen LogP contribution in [0.25, 0.3) is 16.6 Å². The minimum absolute atomic E-state index is 0.415. The quantitative estimate of drug-likeness (QED) is 0.559. The number of nitrogens with two attached hydrogens (primary N) is 2. The van der Waals surface area contributed by atoms with Gasteiger partial charge in [-0.25, -0.2) is 4.68 Å². The number of carbonyl (C=O) groups is 1. The van der Waals surface area contributed by atoms with Gasteiger partial charge in [0.05, 0.1) is 11.3 Å². The first-order chi connectivity index (χ1) is 13.1. The fourth-order valence-corrected chi connectivity index (χ4v) is 2.70. The Morgan fingerprint density at radius 2 is 1.93 bits per heavy atom. The molecule has 0 saturated heterocycles. The highest BCUT2D eigenvalue weighted by atomic mass is 16.1. The third kappa shape index (κ3) is 5.91. The monoisotopic (exact) mass is 367 g/mol. The summed E-state index contributed by atoms with van der Waals surface area (Å²) in [7, 11) is 1.97. The zero-order chi connectivity index (χ0) is 19.6. The molecule has 0 bridgehead atoms. The second-order valence-corrected chi connectivity index (χ2v) is 6.43. The zero-order valence-corrected chi connectivity index (χ0v) is 16.1. The molecule has 6 heteroatoms. The Morgan fingerprint density at radius 3 is 2.56 bits per heavy atom. The van der Waals surface area contributed by atoms with Crippen molar-refractivity contribution in [3.8, 4) is 5.69 Å². The van der Waals surface area contributed by atoms with Crippen molar-refractivity contribution >= 4 is 16.8 Å². The van der Waals surface area contributed by atoms with Crippen LogP contribution in [0.1, 0.15) is 36.5 Å². The molecule has 1 unspecified atom stereocenters. The molecule has 1 atom stereocenters. The third-order valence-electron chi connectivity index (χ3n) is 4.35. The predicted octanol–water partition coefficient (Wildman–Crippen LogP) is 2.85. The van der Waals surface area contributed by atoms with Gasteiger partial charge in [0.15, 0.2) is 0 Å². The molecule has 0 aliphatic rings. The lowest BCUT2D eigenvalue weighted by Crippen LogP contribution is -2.20. The molecule has 0 fully saturated rings. The Labute approximate surface area is 160 Å². The molecule has 1 aromatic heterocycles. The predicted molar refractivity (Wildman–Crippen MR) is 111 cm³/mol. The molecule has 27 heavy (non-hydrogen) atoms. The van der Waals surface area contributed by atoms with Gasteiger partial charge in [-0.05, 0) is 51.1 Å². The Kier molecular flexibility index (Phi) is 7.98. The molecule has 0 radical (unpaired) electrons. The van der Waals surface area contributed by atoms with E-state index >= 15 is 0 Å². The molecule has 2 aromatic carbocycles. The number of rotatable bonds is 7. The molecular formula is C21H29N5O. The van der Waals surface area contributed by atoms with Crippen LogP contribution in [0.4, 0.5) is 0 Å². The smallest absolute Gasteiger partial charge is 0.250 e. The summed E-state index contributed by atoms with van der Waals surface area (Å²) >= 11 is 0. The van der Waals surface area contributed by atoms with E-state index in [1.165, 1.54) is 6.42 Å². The van der Waals surface area contributed by atoms with Crippen molar-refractivity contribution in [1.82, 2.24) is 15.1 Å². The number of fused-ring (bicyclic) bond motifs is 1. The highest BCUT2D eigenvalue weighted by molar-refractivity contribution is 6.04. The summed E-state index contributed by atoms with van der Waals surface area (Å²) < 4.78 is 1.75. The fraction of sp³-hybridized carbons (Fsp3) is 0.333. The number of amides is 1. The van der Waals surface area contributed by atoms with Crippen molar-refractivity contribution in [2.45, 2.75) is 32.2 Å². The number of primary amides is 1. The fourth-order valence-electron chi connectivity index (χ4n) is 2.70. The van der Waals surface area contributed by atoms with Crippen LogP contribution >= 0.6 is 0 Å². The van der Waals surface area contributed by atoms with Crippen LogP contribution in [0, 0.1) is 0 Å². The molecule has 3 rings (SSSR count). The Morgan fingerprint density at radius 1 is 1.19 bits per heavy atom. The number of hydrogen-bond donors (Lipinski definition) is 3. The second kappa shape index (κ2) is 10.4. The van der Waals surface area contributed by atoms with E-state index in [2.05, 4.69) is 17.3 Å². The first-order valence-electron chi connectivity index (χ1n) is 9.30. The minimum atomic E-state index is -0.459. The van der Waals surface area contributed by atoms with Gasteiger partial charge < -0.3 is 16.8 Å². The van der Waals surface area contributed by atoms with E-state index in [-0.39, 0.29) is 0 Å². The molecule has 3 aromatic rings. The highest BCUT2D eigenvalue weighted by Crippen LogP contribution is 2.19. The maximum atomic E-state index is 11.3. The van der Waals surface area contributed by atoms with Crippen LogP contribution in [0.3, 0.4) is 0 Å². The summed E-state index contributed by atoms with van der Waals surface area (Å²) in [5, 5.41) is 8.41. The van der Waals surface area contributed by atoms with Gasteiger partial charge in [-0.3, -0.25) is 4.79 Å². The van der Waals surface area contributed by atoms with Gasteiger partial charge >= 0.3 is 0 Å². The van der Waals surface area contributed by atoms with Gasteiger partial charge in [0, 0.05) is 17.6 Å². The van der Waals surface area contributed by atoms with Crippen LogP contribution in [0.5, 0.6) is 0 Å². The molecular weight excluding hydrogens is 338 g/mol. The SMILES string of the molecule is CCC(N)CCCNC.NC(=O)c1cccc2cn(-c3ccccc3)nc12. The van der Waals surface area contributed by atoms with E-state index in [0.29, 0.717) is 17.1 Å². The van der Waals surface area contributed by atoms with Crippen molar-refractivity contribution in [2.75, 3.05) is 13.6 Å². The van der Waals surface area contributed by atoms with Gasteiger partial charge in [-0.15, -0.1) is 0 Å². The lowest BCUT2D eigenvalue weighted by atomic mass is 10.1. The molecule has 1 heterocycles. The lowest BCUT2D eigenvalue weighted by molar-refractivity contribution is 0.100. The Hall–Kier alpha value is -2.70. The van der Waals surface area contributed by atoms with Gasteiger partial charge in [0.1, 0.15) is 5.52 Å². The number of aromatic nitrogens is 2. The number of nitrogens with one attached hydrogen (secondary N) is 1. The molecule has 144 valence electrons. The van der Waals surface area contributed by atoms with Gasteiger partial charge in [0.2, 0.25) is 0 Å². The van der Waals surface area contributed by atoms with Crippen LogP contribution < -0.4 is 16.8 Å². The standard InChI is InChI=1S/C14H11N3O.C7H18N2/c15-14(18)12-8-4-5-10-9-17(16-13(10)12)11-6-2-1-3-7-11;1-3-7(8)5-4-6-9-2/h1-9H,(H2,15,18);7,9H,3-6,8H2,1-2H3. The largest absolute Gasteiger partial charge is 0.366 e. The van der Waals surface area contributed by atoms with Crippen molar-refractivity contribution < 1.29 is 4.79 Å². The summed E-state index contributed by atoms with van der Waals surface area (Å²) in [4.78, 5) is 11.3. The van der Waals surface area contributed by atoms with Crippen LogP contribution in [-0.4, -0.2) is 35.3 Å². The van der Waals surface area contributed by atoms with E-state index in [1.807, 2.05) is 49.6 Å². The summed E-state index contributed by atoms with van der Waals surface area (Å²) in [6, 6.07) is 15.6. The normalized spacial score (nSPS) is 11.7. The van der Waals surface area contributed by atoms with Crippen LogP contribution in [0.2, 0.25) is 0 Å². The Balaban J connectivity index is 0.000000249. The topological polar surface area (TPSA) is 99.0 Å². The molecule has 0 spiro atoms. The number of para-hydroxylation sites is 1. The van der Waals surface area contributed by atoms with Crippen LogP contribution in [0.15, 0.2) is 54.7 Å².